The second-order valence-corrected chi connectivity index (χ2v) is 5.13. The summed E-state index contributed by atoms with van der Waals surface area (Å²) in [6, 6.07) is 7.71. The molecule has 0 spiro atoms. The lowest BCUT2D eigenvalue weighted by Crippen LogP contribution is -2.15. The van der Waals surface area contributed by atoms with Crippen molar-refractivity contribution in [1.29, 1.82) is 0 Å². The van der Waals surface area contributed by atoms with E-state index in [1.165, 1.54) is 0 Å². The molecule has 1 unspecified atom stereocenters. The van der Waals surface area contributed by atoms with Crippen molar-refractivity contribution in [3.8, 4) is 11.5 Å². The first kappa shape index (κ1) is 15.3. The van der Waals surface area contributed by atoms with Gasteiger partial charge in [-0.25, -0.2) is 0 Å². The van der Waals surface area contributed by atoms with Crippen LogP contribution >= 0.6 is 0 Å². The van der Waals surface area contributed by atoms with Gasteiger partial charge in [-0.05, 0) is 31.5 Å². The van der Waals surface area contributed by atoms with E-state index in [-0.39, 0.29) is 6.04 Å². The molecule has 1 aromatic carbocycles. The molecule has 0 saturated carbocycles. The SMILES string of the molecule is COc1cccc(C(N)Cc2ncc(C)c(OC)c2C)c1. The first-order chi connectivity index (χ1) is 10.1. The number of hydrogen-bond donors (Lipinski definition) is 1. The van der Waals surface area contributed by atoms with Crippen molar-refractivity contribution >= 4 is 0 Å². The average Bonchev–Trinajstić information content (AvgIpc) is 2.50. The number of pyridine rings is 1. The van der Waals surface area contributed by atoms with Crippen LogP contribution in [0.15, 0.2) is 30.5 Å². The minimum Gasteiger partial charge on any atom is -0.497 e. The van der Waals surface area contributed by atoms with Crippen LogP contribution in [0.3, 0.4) is 0 Å². The highest BCUT2D eigenvalue weighted by Gasteiger charge is 2.14. The van der Waals surface area contributed by atoms with E-state index in [1.807, 2.05) is 44.3 Å². The molecule has 0 aliphatic carbocycles. The molecule has 0 fully saturated rings. The molecule has 0 saturated heterocycles. The Morgan fingerprint density at radius 2 is 1.95 bits per heavy atom. The lowest BCUT2D eigenvalue weighted by molar-refractivity contribution is 0.406. The highest BCUT2D eigenvalue weighted by Crippen LogP contribution is 2.27. The quantitative estimate of drug-likeness (QED) is 0.918. The fraction of sp³-hybridized carbons (Fsp3) is 0.353. The van der Waals surface area contributed by atoms with E-state index in [0.29, 0.717) is 6.42 Å². The smallest absolute Gasteiger partial charge is 0.128 e. The molecule has 1 heterocycles. The van der Waals surface area contributed by atoms with Crippen molar-refractivity contribution < 1.29 is 9.47 Å². The molecule has 1 aromatic heterocycles. The van der Waals surface area contributed by atoms with Gasteiger partial charge in [-0.3, -0.25) is 4.98 Å². The van der Waals surface area contributed by atoms with E-state index in [0.717, 1.165) is 33.9 Å². The number of rotatable bonds is 5. The summed E-state index contributed by atoms with van der Waals surface area (Å²) < 4.78 is 10.7. The molecule has 2 rings (SSSR count). The molecule has 0 amide bonds. The third kappa shape index (κ3) is 3.34. The number of methoxy groups -OCH3 is 2. The van der Waals surface area contributed by atoms with Crippen LogP contribution in [0.1, 0.15) is 28.4 Å². The number of nitrogens with zero attached hydrogens (tertiary/aromatic N) is 1. The first-order valence-corrected chi connectivity index (χ1v) is 6.95. The third-order valence-electron chi connectivity index (χ3n) is 3.68. The maximum atomic E-state index is 6.31. The van der Waals surface area contributed by atoms with Gasteiger partial charge in [0.2, 0.25) is 0 Å². The van der Waals surface area contributed by atoms with Crippen molar-refractivity contribution in [1.82, 2.24) is 4.98 Å². The summed E-state index contributed by atoms with van der Waals surface area (Å²) in [4.78, 5) is 4.50. The summed E-state index contributed by atoms with van der Waals surface area (Å²) in [7, 11) is 3.34. The van der Waals surface area contributed by atoms with Gasteiger partial charge >= 0.3 is 0 Å². The van der Waals surface area contributed by atoms with Crippen LogP contribution < -0.4 is 15.2 Å². The number of benzene rings is 1. The molecule has 21 heavy (non-hydrogen) atoms. The van der Waals surface area contributed by atoms with E-state index in [2.05, 4.69) is 4.98 Å². The number of hydrogen-bond acceptors (Lipinski definition) is 4. The minimum absolute atomic E-state index is 0.126. The van der Waals surface area contributed by atoms with E-state index >= 15 is 0 Å². The third-order valence-corrected chi connectivity index (χ3v) is 3.68. The van der Waals surface area contributed by atoms with Crippen LogP contribution in [0.5, 0.6) is 11.5 Å². The van der Waals surface area contributed by atoms with Gasteiger partial charge in [0.15, 0.2) is 0 Å². The van der Waals surface area contributed by atoms with Gasteiger partial charge in [-0.15, -0.1) is 0 Å². The molecule has 2 N–H and O–H groups in total. The summed E-state index contributed by atoms with van der Waals surface area (Å²) in [5, 5.41) is 0. The predicted octanol–water partition coefficient (Wildman–Crippen LogP) is 2.96. The van der Waals surface area contributed by atoms with Crippen molar-refractivity contribution in [3.05, 3.63) is 52.8 Å². The molecular formula is C17H22N2O2. The minimum atomic E-state index is -0.126. The number of ether oxygens (including phenoxy) is 2. The van der Waals surface area contributed by atoms with Crippen molar-refractivity contribution in [2.45, 2.75) is 26.3 Å². The summed E-state index contributed by atoms with van der Waals surface area (Å²) in [6.07, 6.45) is 2.50. The fourth-order valence-corrected chi connectivity index (χ4v) is 2.48. The van der Waals surface area contributed by atoms with Crippen molar-refractivity contribution in [2.75, 3.05) is 14.2 Å². The summed E-state index contributed by atoms with van der Waals surface area (Å²) in [6.45, 7) is 4.01. The predicted molar refractivity (Wildman–Crippen MR) is 83.9 cm³/mol. The topological polar surface area (TPSA) is 57.4 Å². The Balaban J connectivity index is 2.25. The van der Waals surface area contributed by atoms with Crippen LogP contribution in [-0.2, 0) is 6.42 Å². The van der Waals surface area contributed by atoms with Gasteiger partial charge in [0.25, 0.3) is 0 Å². The lowest BCUT2D eigenvalue weighted by atomic mass is 9.99. The maximum absolute atomic E-state index is 6.31. The molecule has 112 valence electrons. The van der Waals surface area contributed by atoms with Gasteiger partial charge < -0.3 is 15.2 Å². The molecule has 1 atom stereocenters. The lowest BCUT2D eigenvalue weighted by Gasteiger charge is -2.16. The molecule has 0 radical (unpaired) electrons. The zero-order chi connectivity index (χ0) is 15.4. The molecule has 2 aromatic rings. The standard InChI is InChI=1S/C17H22N2O2/c1-11-10-19-16(12(2)17(11)21-4)9-15(18)13-6-5-7-14(8-13)20-3/h5-8,10,15H,9,18H2,1-4H3. The Labute approximate surface area is 125 Å². The van der Waals surface area contributed by atoms with Gasteiger partial charge in [0, 0.05) is 35.5 Å². The number of nitrogens with two attached hydrogens (primary N) is 1. The van der Waals surface area contributed by atoms with Gasteiger partial charge in [-0.1, -0.05) is 12.1 Å². The summed E-state index contributed by atoms with van der Waals surface area (Å²) in [5.74, 6) is 1.70. The van der Waals surface area contributed by atoms with Crippen LogP contribution in [0.4, 0.5) is 0 Å². The molecule has 0 aliphatic heterocycles. The highest BCUT2D eigenvalue weighted by molar-refractivity contribution is 5.42. The van der Waals surface area contributed by atoms with E-state index in [4.69, 9.17) is 15.2 Å². The normalized spacial score (nSPS) is 12.0. The highest BCUT2D eigenvalue weighted by atomic mass is 16.5. The van der Waals surface area contributed by atoms with E-state index in [9.17, 15) is 0 Å². The van der Waals surface area contributed by atoms with Gasteiger partial charge in [0.1, 0.15) is 11.5 Å². The monoisotopic (exact) mass is 286 g/mol. The Morgan fingerprint density at radius 1 is 1.19 bits per heavy atom. The second kappa shape index (κ2) is 6.59. The Bertz CT molecular complexity index is 626. The largest absolute Gasteiger partial charge is 0.497 e. The molecule has 0 bridgehead atoms. The number of aryl methyl sites for hydroxylation is 1. The van der Waals surface area contributed by atoms with E-state index < -0.39 is 0 Å². The molecule has 0 aliphatic rings. The second-order valence-electron chi connectivity index (χ2n) is 5.13. The van der Waals surface area contributed by atoms with Crippen LogP contribution in [-0.4, -0.2) is 19.2 Å². The fourth-order valence-electron chi connectivity index (χ4n) is 2.48. The number of aromatic nitrogens is 1. The van der Waals surface area contributed by atoms with Crippen LogP contribution in [0.25, 0.3) is 0 Å². The van der Waals surface area contributed by atoms with E-state index in [1.54, 1.807) is 14.2 Å². The average molecular weight is 286 g/mol. The zero-order valence-electron chi connectivity index (χ0n) is 13.0. The van der Waals surface area contributed by atoms with Crippen LogP contribution in [0.2, 0.25) is 0 Å². The summed E-state index contributed by atoms with van der Waals surface area (Å²) >= 11 is 0. The molecular weight excluding hydrogens is 264 g/mol. The van der Waals surface area contributed by atoms with Crippen molar-refractivity contribution in [2.24, 2.45) is 5.73 Å². The molecule has 4 nitrogen and oxygen atoms in total. The Morgan fingerprint density at radius 3 is 2.62 bits per heavy atom. The van der Waals surface area contributed by atoms with Gasteiger partial charge in [-0.2, -0.15) is 0 Å². The summed E-state index contributed by atoms with van der Waals surface area (Å²) in [5.41, 5.74) is 10.4. The maximum Gasteiger partial charge on any atom is 0.128 e. The Kier molecular flexibility index (Phi) is 4.81. The molecule has 4 heteroatoms. The Hall–Kier alpha value is -2.07. The zero-order valence-corrected chi connectivity index (χ0v) is 13.0. The van der Waals surface area contributed by atoms with Crippen LogP contribution in [0, 0.1) is 13.8 Å². The van der Waals surface area contributed by atoms with Gasteiger partial charge in [0.05, 0.1) is 14.2 Å². The first-order valence-electron chi connectivity index (χ1n) is 6.95. The van der Waals surface area contributed by atoms with Crippen molar-refractivity contribution in [3.63, 3.8) is 0 Å².